The van der Waals surface area contributed by atoms with Crippen molar-refractivity contribution in [1.82, 2.24) is 9.78 Å². The van der Waals surface area contributed by atoms with E-state index in [2.05, 4.69) is 10.4 Å². The summed E-state index contributed by atoms with van der Waals surface area (Å²) in [6.45, 7) is 4.47. The molecule has 4 nitrogen and oxygen atoms in total. The summed E-state index contributed by atoms with van der Waals surface area (Å²) in [5.41, 5.74) is 2.11. The number of aryl methyl sites for hydroxylation is 1. The summed E-state index contributed by atoms with van der Waals surface area (Å²) < 4.78 is 1.65. The Morgan fingerprint density at radius 1 is 1.44 bits per heavy atom. The van der Waals surface area contributed by atoms with Gasteiger partial charge >= 0.3 is 0 Å². The van der Waals surface area contributed by atoms with Crippen LogP contribution in [0.5, 0.6) is 0 Å². The summed E-state index contributed by atoms with van der Waals surface area (Å²) in [6.07, 6.45) is 1.61. The van der Waals surface area contributed by atoms with Crippen molar-refractivity contribution in [3.05, 3.63) is 46.7 Å². The number of rotatable bonds is 3. The number of amides is 1. The molecule has 18 heavy (non-hydrogen) atoms. The zero-order valence-electron chi connectivity index (χ0n) is 10.3. The van der Waals surface area contributed by atoms with Crippen LogP contribution in [0.2, 0.25) is 5.02 Å². The lowest BCUT2D eigenvalue weighted by atomic mass is 10.2. The zero-order chi connectivity index (χ0) is 13.1. The molecule has 0 aliphatic carbocycles. The highest BCUT2D eigenvalue weighted by Gasteiger charge is 2.12. The first-order valence-corrected chi connectivity index (χ1v) is 6.09. The molecule has 2 rings (SSSR count). The van der Waals surface area contributed by atoms with E-state index < -0.39 is 0 Å². The normalized spacial score (nSPS) is 10.4. The van der Waals surface area contributed by atoms with Gasteiger partial charge < -0.3 is 5.32 Å². The van der Waals surface area contributed by atoms with Gasteiger partial charge in [-0.05, 0) is 37.6 Å². The molecule has 0 bridgehead atoms. The van der Waals surface area contributed by atoms with Gasteiger partial charge in [0.2, 0.25) is 0 Å². The van der Waals surface area contributed by atoms with Crippen LogP contribution in [0.25, 0.3) is 0 Å². The van der Waals surface area contributed by atoms with Gasteiger partial charge in [0.25, 0.3) is 5.91 Å². The maximum atomic E-state index is 12.1. The molecule has 0 saturated carbocycles. The van der Waals surface area contributed by atoms with E-state index in [1.165, 1.54) is 0 Å². The lowest BCUT2D eigenvalue weighted by Gasteiger charge is -2.10. The van der Waals surface area contributed by atoms with Crippen LogP contribution in [-0.2, 0) is 6.54 Å². The van der Waals surface area contributed by atoms with Gasteiger partial charge in [-0.25, -0.2) is 0 Å². The molecule has 0 unspecified atom stereocenters. The summed E-state index contributed by atoms with van der Waals surface area (Å²) in [5.74, 6) is -0.181. The van der Waals surface area contributed by atoms with Gasteiger partial charge in [-0.1, -0.05) is 17.7 Å². The second kappa shape index (κ2) is 5.23. The molecule has 5 heteroatoms. The van der Waals surface area contributed by atoms with Gasteiger partial charge in [0, 0.05) is 23.5 Å². The molecule has 0 saturated heterocycles. The first-order valence-electron chi connectivity index (χ1n) is 5.71. The minimum atomic E-state index is -0.181. The summed E-state index contributed by atoms with van der Waals surface area (Å²) >= 11 is 6.01. The highest BCUT2D eigenvalue weighted by Crippen LogP contribution is 2.23. The molecular weight excluding hydrogens is 250 g/mol. The number of anilines is 1. The van der Waals surface area contributed by atoms with Crippen molar-refractivity contribution in [2.45, 2.75) is 20.4 Å². The van der Waals surface area contributed by atoms with E-state index in [9.17, 15) is 4.79 Å². The Morgan fingerprint density at radius 3 is 2.94 bits per heavy atom. The maximum Gasteiger partial charge on any atom is 0.273 e. The van der Waals surface area contributed by atoms with Crippen LogP contribution in [0, 0.1) is 6.92 Å². The molecule has 1 aromatic carbocycles. The van der Waals surface area contributed by atoms with Crippen molar-refractivity contribution in [2.75, 3.05) is 5.32 Å². The number of aromatic nitrogens is 2. The number of halogens is 1. The maximum absolute atomic E-state index is 12.1. The fourth-order valence-electron chi connectivity index (χ4n) is 1.71. The van der Waals surface area contributed by atoms with Gasteiger partial charge in [-0.3, -0.25) is 9.48 Å². The monoisotopic (exact) mass is 263 g/mol. The van der Waals surface area contributed by atoms with Crippen LogP contribution < -0.4 is 5.32 Å². The fourth-order valence-corrected chi connectivity index (χ4v) is 1.88. The fraction of sp³-hybridized carbons (Fsp3) is 0.231. The van der Waals surface area contributed by atoms with Gasteiger partial charge in [0.15, 0.2) is 0 Å². The van der Waals surface area contributed by atoms with Crippen molar-refractivity contribution in [2.24, 2.45) is 0 Å². The van der Waals surface area contributed by atoms with E-state index in [0.29, 0.717) is 17.3 Å². The molecule has 0 aliphatic rings. The summed E-state index contributed by atoms with van der Waals surface area (Å²) in [5, 5.41) is 7.55. The number of nitrogens with zero attached hydrogens (tertiary/aromatic N) is 2. The first kappa shape index (κ1) is 12.6. The van der Waals surface area contributed by atoms with Crippen molar-refractivity contribution in [3.8, 4) is 0 Å². The number of hydrogen-bond donors (Lipinski definition) is 1. The third kappa shape index (κ3) is 2.38. The second-order valence-electron chi connectivity index (χ2n) is 3.90. The van der Waals surface area contributed by atoms with Crippen molar-refractivity contribution >= 4 is 23.2 Å². The molecule has 0 aliphatic heterocycles. The Balaban J connectivity index is 2.24. The van der Waals surface area contributed by atoms with E-state index in [1.54, 1.807) is 23.0 Å². The average Bonchev–Trinajstić information content (AvgIpc) is 2.83. The Bertz CT molecular complexity index is 577. The molecule has 0 spiro atoms. The van der Waals surface area contributed by atoms with Crippen LogP contribution in [0.3, 0.4) is 0 Å². The minimum absolute atomic E-state index is 0.181. The molecule has 0 atom stereocenters. The SMILES string of the molecule is CCn1nccc1C(=O)Nc1cccc(Cl)c1C. The second-order valence-corrected chi connectivity index (χ2v) is 4.31. The topological polar surface area (TPSA) is 46.9 Å². The lowest BCUT2D eigenvalue weighted by Crippen LogP contribution is -2.17. The Morgan fingerprint density at radius 2 is 2.22 bits per heavy atom. The molecule has 1 amide bonds. The average molecular weight is 264 g/mol. The molecular formula is C13H14ClN3O. The lowest BCUT2D eigenvalue weighted by molar-refractivity contribution is 0.101. The van der Waals surface area contributed by atoms with Crippen LogP contribution in [0.15, 0.2) is 30.5 Å². The van der Waals surface area contributed by atoms with Gasteiger partial charge in [0.1, 0.15) is 5.69 Å². The molecule has 0 fully saturated rings. The molecule has 1 aromatic heterocycles. The van der Waals surface area contributed by atoms with Crippen molar-refractivity contribution < 1.29 is 4.79 Å². The van der Waals surface area contributed by atoms with E-state index in [-0.39, 0.29) is 5.91 Å². The minimum Gasteiger partial charge on any atom is -0.320 e. The highest BCUT2D eigenvalue weighted by atomic mass is 35.5. The largest absolute Gasteiger partial charge is 0.320 e. The summed E-state index contributed by atoms with van der Waals surface area (Å²) in [7, 11) is 0. The van der Waals surface area contributed by atoms with Gasteiger partial charge in [0.05, 0.1) is 0 Å². The summed E-state index contributed by atoms with van der Waals surface area (Å²) in [6, 6.07) is 7.12. The number of nitrogens with one attached hydrogen (secondary N) is 1. The van der Waals surface area contributed by atoms with Crippen molar-refractivity contribution in [1.29, 1.82) is 0 Å². The van der Waals surface area contributed by atoms with Crippen LogP contribution in [-0.4, -0.2) is 15.7 Å². The van der Waals surface area contributed by atoms with E-state index in [1.807, 2.05) is 26.0 Å². The smallest absolute Gasteiger partial charge is 0.273 e. The third-order valence-corrected chi connectivity index (χ3v) is 3.17. The van der Waals surface area contributed by atoms with E-state index in [4.69, 9.17) is 11.6 Å². The number of hydrogen-bond acceptors (Lipinski definition) is 2. The first-order chi connectivity index (χ1) is 8.63. The highest BCUT2D eigenvalue weighted by molar-refractivity contribution is 6.31. The number of benzene rings is 1. The standard InChI is InChI=1S/C13H14ClN3O/c1-3-17-12(7-8-15-17)13(18)16-11-6-4-5-10(14)9(11)2/h4-8H,3H2,1-2H3,(H,16,18). The van der Waals surface area contributed by atoms with Gasteiger partial charge in [-0.2, -0.15) is 5.10 Å². The molecule has 0 radical (unpaired) electrons. The molecule has 1 N–H and O–H groups in total. The predicted molar refractivity (Wildman–Crippen MR) is 72.0 cm³/mol. The number of carbonyl (C=O) groups excluding carboxylic acids is 1. The molecule has 94 valence electrons. The predicted octanol–water partition coefficient (Wildman–Crippen LogP) is 3.12. The quantitative estimate of drug-likeness (QED) is 0.925. The molecule has 1 heterocycles. The Kier molecular flexibility index (Phi) is 3.67. The zero-order valence-corrected chi connectivity index (χ0v) is 11.0. The summed E-state index contributed by atoms with van der Waals surface area (Å²) in [4.78, 5) is 12.1. The van der Waals surface area contributed by atoms with Crippen LogP contribution in [0.4, 0.5) is 5.69 Å². The van der Waals surface area contributed by atoms with Gasteiger partial charge in [-0.15, -0.1) is 0 Å². The van der Waals surface area contributed by atoms with Crippen LogP contribution >= 0.6 is 11.6 Å². The Hall–Kier alpha value is -1.81. The Labute approximate surface area is 111 Å². The third-order valence-electron chi connectivity index (χ3n) is 2.76. The number of carbonyl (C=O) groups is 1. The van der Waals surface area contributed by atoms with Crippen molar-refractivity contribution in [3.63, 3.8) is 0 Å². The molecule has 2 aromatic rings. The van der Waals surface area contributed by atoms with E-state index >= 15 is 0 Å². The van der Waals surface area contributed by atoms with Crippen LogP contribution in [0.1, 0.15) is 23.0 Å². The van der Waals surface area contributed by atoms with E-state index in [0.717, 1.165) is 11.3 Å².